The number of hydrogen-bond acceptors (Lipinski definition) is 2. The zero-order chi connectivity index (χ0) is 14.7. The summed E-state index contributed by atoms with van der Waals surface area (Å²) in [4.78, 5) is 23.5. The van der Waals surface area contributed by atoms with Crippen molar-refractivity contribution in [2.24, 2.45) is 0 Å². The minimum Gasteiger partial charge on any atom is -0.322 e. The van der Waals surface area contributed by atoms with E-state index < -0.39 is 0 Å². The number of Topliss-reactive ketones (excluding diaryl/α,β-unsaturated/α-hetero) is 1. The molecule has 4 heteroatoms. The minimum atomic E-state index is -0.245. The van der Waals surface area contributed by atoms with E-state index in [1.807, 2.05) is 0 Å². The van der Waals surface area contributed by atoms with Crippen molar-refractivity contribution in [3.63, 3.8) is 0 Å². The largest absolute Gasteiger partial charge is 0.322 e. The van der Waals surface area contributed by atoms with Gasteiger partial charge in [-0.1, -0.05) is 29.8 Å². The summed E-state index contributed by atoms with van der Waals surface area (Å²) in [5, 5.41) is 3.32. The van der Waals surface area contributed by atoms with Gasteiger partial charge in [0.25, 0.3) is 5.91 Å². The number of amides is 1. The second-order valence-electron chi connectivity index (χ2n) is 4.50. The van der Waals surface area contributed by atoms with Crippen LogP contribution < -0.4 is 5.32 Å². The van der Waals surface area contributed by atoms with Crippen LogP contribution in [0.25, 0.3) is 0 Å². The standard InChI is InChI=1S/C16H14ClNO2/c1-10-14(7-4-8-15(10)17)16(20)18-13-6-3-5-12(9-13)11(2)19/h3-9H,1-2H3,(H,18,20). The number of carbonyl (C=O) groups excluding carboxylic acids is 2. The molecule has 0 saturated carbocycles. The summed E-state index contributed by atoms with van der Waals surface area (Å²) in [6, 6.07) is 12.0. The second kappa shape index (κ2) is 5.88. The van der Waals surface area contributed by atoms with E-state index in [-0.39, 0.29) is 11.7 Å². The molecule has 0 saturated heterocycles. The second-order valence-corrected chi connectivity index (χ2v) is 4.91. The molecular formula is C16H14ClNO2. The SMILES string of the molecule is CC(=O)c1cccc(NC(=O)c2cccc(Cl)c2C)c1. The predicted octanol–water partition coefficient (Wildman–Crippen LogP) is 4.10. The smallest absolute Gasteiger partial charge is 0.255 e. The Balaban J connectivity index is 2.26. The number of hydrogen-bond donors (Lipinski definition) is 1. The van der Waals surface area contributed by atoms with Crippen LogP contribution in [0.5, 0.6) is 0 Å². The van der Waals surface area contributed by atoms with E-state index in [9.17, 15) is 9.59 Å². The Morgan fingerprint density at radius 3 is 2.50 bits per heavy atom. The van der Waals surface area contributed by atoms with Gasteiger partial charge in [0.05, 0.1) is 0 Å². The Kier molecular flexibility index (Phi) is 4.20. The summed E-state index contributed by atoms with van der Waals surface area (Å²) < 4.78 is 0. The zero-order valence-electron chi connectivity index (χ0n) is 11.2. The third-order valence-corrected chi connectivity index (χ3v) is 3.45. The molecule has 102 valence electrons. The molecule has 0 unspecified atom stereocenters. The van der Waals surface area contributed by atoms with E-state index in [1.54, 1.807) is 49.4 Å². The lowest BCUT2D eigenvalue weighted by Gasteiger charge is -2.09. The third kappa shape index (κ3) is 3.06. The lowest BCUT2D eigenvalue weighted by Crippen LogP contribution is -2.13. The molecular weight excluding hydrogens is 274 g/mol. The van der Waals surface area contributed by atoms with Crippen LogP contribution in [0.4, 0.5) is 5.69 Å². The highest BCUT2D eigenvalue weighted by atomic mass is 35.5. The average molecular weight is 288 g/mol. The molecule has 0 aliphatic rings. The van der Waals surface area contributed by atoms with Crippen LogP contribution in [0.3, 0.4) is 0 Å². The van der Waals surface area contributed by atoms with Crippen LogP contribution in [0, 0.1) is 6.92 Å². The molecule has 1 amide bonds. The van der Waals surface area contributed by atoms with Crippen molar-refractivity contribution in [3.8, 4) is 0 Å². The summed E-state index contributed by atoms with van der Waals surface area (Å²) >= 11 is 6.00. The van der Waals surface area contributed by atoms with Gasteiger partial charge in [-0.05, 0) is 43.7 Å². The molecule has 0 spiro atoms. The van der Waals surface area contributed by atoms with Gasteiger partial charge in [0, 0.05) is 21.8 Å². The molecule has 0 aliphatic heterocycles. The molecule has 0 aliphatic carbocycles. The normalized spacial score (nSPS) is 10.2. The van der Waals surface area contributed by atoms with Gasteiger partial charge in [0.2, 0.25) is 0 Å². The quantitative estimate of drug-likeness (QED) is 0.864. The van der Waals surface area contributed by atoms with Crippen molar-refractivity contribution >= 4 is 29.0 Å². The van der Waals surface area contributed by atoms with Crippen LogP contribution in [0.15, 0.2) is 42.5 Å². The van der Waals surface area contributed by atoms with Crippen molar-refractivity contribution < 1.29 is 9.59 Å². The van der Waals surface area contributed by atoms with Crippen LogP contribution in [0.2, 0.25) is 5.02 Å². The van der Waals surface area contributed by atoms with E-state index in [0.717, 1.165) is 5.56 Å². The molecule has 1 N–H and O–H groups in total. The number of ketones is 1. The summed E-state index contributed by atoms with van der Waals surface area (Å²) in [5.41, 5.74) is 2.40. The first-order chi connectivity index (χ1) is 9.49. The first-order valence-corrected chi connectivity index (χ1v) is 6.54. The first kappa shape index (κ1) is 14.3. The number of halogens is 1. The van der Waals surface area contributed by atoms with Crippen molar-refractivity contribution in [2.45, 2.75) is 13.8 Å². The van der Waals surface area contributed by atoms with Gasteiger partial charge in [0.15, 0.2) is 5.78 Å². The van der Waals surface area contributed by atoms with Crippen molar-refractivity contribution in [1.82, 2.24) is 0 Å². The maximum Gasteiger partial charge on any atom is 0.255 e. The fourth-order valence-electron chi connectivity index (χ4n) is 1.87. The van der Waals surface area contributed by atoms with Crippen LogP contribution in [-0.4, -0.2) is 11.7 Å². The van der Waals surface area contributed by atoms with E-state index in [0.29, 0.717) is 21.8 Å². The molecule has 2 aromatic rings. The molecule has 2 rings (SSSR count). The average Bonchev–Trinajstić information content (AvgIpc) is 2.42. The number of benzene rings is 2. The fraction of sp³-hybridized carbons (Fsp3) is 0.125. The summed E-state index contributed by atoms with van der Waals surface area (Å²) in [6.07, 6.45) is 0. The van der Waals surface area contributed by atoms with Crippen molar-refractivity contribution in [2.75, 3.05) is 5.32 Å². The minimum absolute atomic E-state index is 0.0416. The van der Waals surface area contributed by atoms with Gasteiger partial charge >= 0.3 is 0 Å². The van der Waals surface area contributed by atoms with E-state index in [1.165, 1.54) is 6.92 Å². The highest BCUT2D eigenvalue weighted by Crippen LogP contribution is 2.20. The van der Waals surface area contributed by atoms with Gasteiger partial charge in [-0.3, -0.25) is 9.59 Å². The molecule has 20 heavy (non-hydrogen) atoms. The maximum atomic E-state index is 12.2. The van der Waals surface area contributed by atoms with Gasteiger partial charge in [-0.25, -0.2) is 0 Å². The fourth-order valence-corrected chi connectivity index (χ4v) is 2.04. The van der Waals surface area contributed by atoms with Gasteiger partial charge in [-0.15, -0.1) is 0 Å². The predicted molar refractivity (Wildman–Crippen MR) is 80.6 cm³/mol. The number of carbonyl (C=O) groups is 2. The first-order valence-electron chi connectivity index (χ1n) is 6.16. The van der Waals surface area contributed by atoms with Crippen LogP contribution in [0.1, 0.15) is 33.2 Å². The van der Waals surface area contributed by atoms with Crippen molar-refractivity contribution in [1.29, 1.82) is 0 Å². The van der Waals surface area contributed by atoms with Crippen molar-refractivity contribution in [3.05, 3.63) is 64.2 Å². The number of anilines is 1. The lowest BCUT2D eigenvalue weighted by atomic mass is 10.1. The summed E-state index contributed by atoms with van der Waals surface area (Å²) in [5.74, 6) is -0.286. The highest BCUT2D eigenvalue weighted by Gasteiger charge is 2.11. The van der Waals surface area contributed by atoms with Crippen LogP contribution >= 0.6 is 11.6 Å². The van der Waals surface area contributed by atoms with Crippen LogP contribution in [-0.2, 0) is 0 Å². The topological polar surface area (TPSA) is 46.2 Å². The Bertz CT molecular complexity index is 680. The lowest BCUT2D eigenvalue weighted by molar-refractivity contribution is 0.101. The van der Waals surface area contributed by atoms with E-state index in [2.05, 4.69) is 5.32 Å². The van der Waals surface area contributed by atoms with Gasteiger partial charge in [-0.2, -0.15) is 0 Å². The Morgan fingerprint density at radius 2 is 1.80 bits per heavy atom. The molecule has 0 atom stereocenters. The van der Waals surface area contributed by atoms with Gasteiger partial charge < -0.3 is 5.32 Å². The Morgan fingerprint density at radius 1 is 1.10 bits per heavy atom. The summed E-state index contributed by atoms with van der Waals surface area (Å²) in [7, 11) is 0. The summed E-state index contributed by atoms with van der Waals surface area (Å²) in [6.45, 7) is 3.28. The number of rotatable bonds is 3. The van der Waals surface area contributed by atoms with Gasteiger partial charge in [0.1, 0.15) is 0 Å². The molecule has 3 nitrogen and oxygen atoms in total. The monoisotopic (exact) mass is 287 g/mol. The zero-order valence-corrected chi connectivity index (χ0v) is 12.0. The molecule has 2 aromatic carbocycles. The Labute approximate surface area is 122 Å². The molecule has 0 fully saturated rings. The third-order valence-electron chi connectivity index (χ3n) is 3.04. The Hall–Kier alpha value is -2.13. The molecule has 0 bridgehead atoms. The molecule has 0 aromatic heterocycles. The number of nitrogens with one attached hydrogen (secondary N) is 1. The molecule has 0 radical (unpaired) electrons. The maximum absolute atomic E-state index is 12.2. The van der Waals surface area contributed by atoms with E-state index in [4.69, 9.17) is 11.6 Å². The highest BCUT2D eigenvalue weighted by molar-refractivity contribution is 6.32. The van der Waals surface area contributed by atoms with E-state index >= 15 is 0 Å². The molecule has 0 heterocycles.